The van der Waals surface area contributed by atoms with Gasteiger partial charge in [-0.2, -0.15) is 0 Å². The summed E-state index contributed by atoms with van der Waals surface area (Å²) in [5.41, 5.74) is 1.03. The molecule has 0 atom stereocenters. The Morgan fingerprint density at radius 3 is 1.50 bits per heavy atom. The molecule has 0 aliphatic rings. The fraction of sp³-hybridized carbons (Fsp3) is 0.100. The van der Waals surface area contributed by atoms with Crippen molar-refractivity contribution in [3.05, 3.63) is 47.5 Å². The van der Waals surface area contributed by atoms with Gasteiger partial charge in [-0.3, -0.25) is 0 Å². The predicted molar refractivity (Wildman–Crippen MR) is 94.5 cm³/mol. The first-order chi connectivity index (χ1) is 12.5. The Kier molecular flexibility index (Phi) is 5.87. The van der Waals surface area contributed by atoms with Crippen molar-refractivity contribution in [3.8, 4) is 47.3 Å². The molecule has 2 aromatic carbocycles. The summed E-state index contributed by atoms with van der Waals surface area (Å²) < 4.78 is 10.9. The number of carbonyl (C=O) groups is 2. The highest BCUT2D eigenvalue weighted by molar-refractivity contribution is 5.92. The molecule has 0 amide bonds. The summed E-state index contributed by atoms with van der Waals surface area (Å²) in [7, 11) is 0. The zero-order valence-corrected chi connectivity index (χ0v) is 13.6. The Morgan fingerprint density at radius 2 is 1.19 bits per heavy atom. The summed E-state index contributed by atoms with van der Waals surface area (Å²) >= 11 is 0. The first-order valence-electron chi connectivity index (χ1n) is 7.35. The molecule has 2 aromatic rings. The van der Waals surface area contributed by atoms with Crippen LogP contribution in [0.3, 0.4) is 0 Å². The van der Waals surface area contributed by atoms with Gasteiger partial charge in [0.15, 0.2) is 0 Å². The van der Waals surface area contributed by atoms with Gasteiger partial charge in [0.05, 0.1) is 11.1 Å². The summed E-state index contributed by atoms with van der Waals surface area (Å²) in [5.74, 6) is 2.85. The van der Waals surface area contributed by atoms with Crippen LogP contribution in [0, 0.1) is 24.7 Å². The van der Waals surface area contributed by atoms with Crippen LogP contribution >= 0.6 is 0 Å². The monoisotopic (exact) mass is 350 g/mol. The van der Waals surface area contributed by atoms with Crippen molar-refractivity contribution < 1.29 is 29.3 Å². The van der Waals surface area contributed by atoms with Crippen LogP contribution < -0.4 is 9.47 Å². The quantitative estimate of drug-likeness (QED) is 0.746. The zero-order valence-electron chi connectivity index (χ0n) is 13.6. The minimum absolute atomic E-state index is 0.0222. The Labute approximate surface area is 150 Å². The van der Waals surface area contributed by atoms with Gasteiger partial charge in [0.25, 0.3) is 0 Å². The Hall–Kier alpha value is -3.90. The summed E-state index contributed by atoms with van der Waals surface area (Å²) in [4.78, 5) is 22.4. The Morgan fingerprint density at radius 1 is 0.808 bits per heavy atom. The Balaban J connectivity index is 2.61. The molecule has 0 radical (unpaired) electrons. The molecule has 0 unspecified atom stereocenters. The first-order valence-corrected chi connectivity index (χ1v) is 7.35. The summed E-state index contributed by atoms with van der Waals surface area (Å²) in [6.45, 7) is -0.131. The van der Waals surface area contributed by atoms with Crippen LogP contribution in [-0.4, -0.2) is 35.4 Å². The van der Waals surface area contributed by atoms with Gasteiger partial charge in [0.1, 0.15) is 24.7 Å². The fourth-order valence-corrected chi connectivity index (χ4v) is 2.23. The van der Waals surface area contributed by atoms with E-state index in [0.29, 0.717) is 11.1 Å². The lowest BCUT2D eigenvalue weighted by Crippen LogP contribution is -2.03. The van der Waals surface area contributed by atoms with E-state index in [9.17, 15) is 9.59 Å². The predicted octanol–water partition coefficient (Wildman–Crippen LogP) is 2.77. The van der Waals surface area contributed by atoms with Gasteiger partial charge in [-0.15, -0.1) is 12.8 Å². The third-order valence-corrected chi connectivity index (χ3v) is 3.37. The molecular formula is C20H14O6. The SMILES string of the molecule is C#CCOc1cc(C(=O)O)ccc1-c1ccc(C(=O)O)cc1OCC#C. The van der Waals surface area contributed by atoms with Crippen LogP contribution in [-0.2, 0) is 0 Å². The van der Waals surface area contributed by atoms with E-state index in [1.807, 2.05) is 0 Å². The molecule has 0 aliphatic carbocycles. The largest absolute Gasteiger partial charge is 0.480 e. The van der Waals surface area contributed by atoms with Crippen LogP contribution in [0.25, 0.3) is 11.1 Å². The van der Waals surface area contributed by atoms with E-state index in [-0.39, 0.29) is 35.8 Å². The van der Waals surface area contributed by atoms with Crippen molar-refractivity contribution >= 4 is 11.9 Å². The van der Waals surface area contributed by atoms with Gasteiger partial charge in [-0.05, 0) is 36.4 Å². The molecule has 6 heteroatoms. The highest BCUT2D eigenvalue weighted by Gasteiger charge is 2.17. The highest BCUT2D eigenvalue weighted by Crippen LogP contribution is 2.38. The van der Waals surface area contributed by atoms with E-state index < -0.39 is 11.9 Å². The average Bonchev–Trinajstić information content (AvgIpc) is 2.64. The Bertz CT molecular complexity index is 853. The molecule has 130 valence electrons. The number of carboxylic acid groups (broad SMARTS) is 2. The van der Waals surface area contributed by atoms with Crippen LogP contribution in [0.2, 0.25) is 0 Å². The number of hydrogen-bond acceptors (Lipinski definition) is 4. The maximum absolute atomic E-state index is 11.2. The molecule has 0 heterocycles. The van der Waals surface area contributed by atoms with E-state index >= 15 is 0 Å². The van der Waals surface area contributed by atoms with E-state index in [1.165, 1.54) is 36.4 Å². The van der Waals surface area contributed by atoms with Crippen LogP contribution in [0.5, 0.6) is 11.5 Å². The first kappa shape index (κ1) is 18.4. The van der Waals surface area contributed by atoms with Crippen molar-refractivity contribution in [2.45, 2.75) is 0 Å². The number of carboxylic acids is 2. The molecule has 0 bridgehead atoms. The zero-order chi connectivity index (χ0) is 19.1. The minimum atomic E-state index is -1.12. The number of hydrogen-bond donors (Lipinski definition) is 2. The van der Waals surface area contributed by atoms with E-state index in [1.54, 1.807) is 0 Å². The molecule has 26 heavy (non-hydrogen) atoms. The molecule has 2 N–H and O–H groups in total. The highest BCUT2D eigenvalue weighted by atomic mass is 16.5. The van der Waals surface area contributed by atoms with Crippen LogP contribution in [0.4, 0.5) is 0 Å². The van der Waals surface area contributed by atoms with Gasteiger partial charge in [0.2, 0.25) is 0 Å². The van der Waals surface area contributed by atoms with Crippen molar-refractivity contribution in [2.75, 3.05) is 13.2 Å². The average molecular weight is 350 g/mol. The van der Waals surface area contributed by atoms with Gasteiger partial charge in [0, 0.05) is 11.1 Å². The molecule has 2 rings (SSSR count). The van der Waals surface area contributed by atoms with E-state index in [2.05, 4.69) is 11.8 Å². The molecule has 0 fully saturated rings. The molecule has 0 saturated heterocycles. The lowest BCUT2D eigenvalue weighted by atomic mass is 10.00. The number of benzene rings is 2. The van der Waals surface area contributed by atoms with E-state index in [0.717, 1.165) is 0 Å². The fourth-order valence-electron chi connectivity index (χ4n) is 2.23. The van der Waals surface area contributed by atoms with E-state index in [4.69, 9.17) is 32.5 Å². The van der Waals surface area contributed by atoms with Crippen molar-refractivity contribution in [1.29, 1.82) is 0 Å². The van der Waals surface area contributed by atoms with Crippen molar-refractivity contribution in [2.24, 2.45) is 0 Å². The topological polar surface area (TPSA) is 93.1 Å². The summed E-state index contributed by atoms with van der Waals surface area (Å²) in [6, 6.07) is 8.55. The molecule has 0 aromatic heterocycles. The maximum Gasteiger partial charge on any atom is 0.335 e. The number of rotatable bonds is 7. The van der Waals surface area contributed by atoms with Gasteiger partial charge >= 0.3 is 11.9 Å². The second kappa shape index (κ2) is 8.27. The van der Waals surface area contributed by atoms with Crippen molar-refractivity contribution in [3.63, 3.8) is 0 Å². The third kappa shape index (κ3) is 4.14. The second-order valence-electron chi connectivity index (χ2n) is 5.02. The smallest absolute Gasteiger partial charge is 0.335 e. The van der Waals surface area contributed by atoms with Crippen LogP contribution in [0.15, 0.2) is 36.4 Å². The molecule has 6 nitrogen and oxygen atoms in total. The van der Waals surface area contributed by atoms with Gasteiger partial charge in [-0.1, -0.05) is 11.8 Å². The lowest BCUT2D eigenvalue weighted by molar-refractivity contribution is 0.0685. The minimum Gasteiger partial charge on any atom is -0.480 e. The van der Waals surface area contributed by atoms with Crippen molar-refractivity contribution in [1.82, 2.24) is 0 Å². The number of terminal acetylenes is 2. The molecule has 0 saturated carbocycles. The summed E-state index contributed by atoms with van der Waals surface area (Å²) in [5, 5.41) is 18.3. The maximum atomic E-state index is 11.2. The number of aromatic carboxylic acids is 2. The normalized spacial score (nSPS) is 9.62. The van der Waals surface area contributed by atoms with Gasteiger partial charge in [-0.25, -0.2) is 9.59 Å². The third-order valence-electron chi connectivity index (χ3n) is 3.37. The summed E-state index contributed by atoms with van der Waals surface area (Å²) in [6.07, 6.45) is 10.4. The van der Waals surface area contributed by atoms with Gasteiger partial charge < -0.3 is 19.7 Å². The standard InChI is InChI=1S/C20H14O6/c1-3-9-25-17-11-13(19(21)22)5-7-15(17)16-8-6-14(20(23)24)12-18(16)26-10-4-2/h1-2,5-8,11-12H,9-10H2,(H,21,22)(H,23,24). The lowest BCUT2D eigenvalue weighted by Gasteiger charge is -2.15. The molecule has 0 aliphatic heterocycles. The second-order valence-corrected chi connectivity index (χ2v) is 5.02. The molecular weight excluding hydrogens is 336 g/mol. The number of ether oxygens (including phenoxy) is 2. The molecule has 0 spiro atoms. The van der Waals surface area contributed by atoms with Crippen LogP contribution in [0.1, 0.15) is 20.7 Å².